The van der Waals surface area contributed by atoms with Gasteiger partial charge < -0.3 is 4.98 Å². The normalized spacial score (nSPS) is 12.7. The number of rotatable bonds is 6. The molecule has 0 aliphatic rings. The van der Waals surface area contributed by atoms with Gasteiger partial charge in [-0.15, -0.1) is 10.2 Å². The molecule has 0 amide bonds. The van der Waals surface area contributed by atoms with E-state index in [1.807, 2.05) is 38.1 Å². The van der Waals surface area contributed by atoms with Crippen molar-refractivity contribution in [2.75, 3.05) is 5.75 Å². The first-order valence-corrected chi connectivity index (χ1v) is 10.0. The molecule has 7 heteroatoms. The van der Waals surface area contributed by atoms with Crippen LogP contribution in [0.15, 0.2) is 32.9 Å². The van der Waals surface area contributed by atoms with Gasteiger partial charge in [0.2, 0.25) is 0 Å². The van der Waals surface area contributed by atoms with Crippen LogP contribution in [-0.4, -0.2) is 32.0 Å². The molecule has 1 N–H and O–H groups in total. The van der Waals surface area contributed by atoms with Crippen LogP contribution in [0.3, 0.4) is 0 Å². The molecule has 2 heterocycles. The molecule has 0 aliphatic carbocycles. The number of aromatic amines is 1. The smallest absolute Gasteiger partial charge is 0.178 e. The summed E-state index contributed by atoms with van der Waals surface area (Å²) in [4.78, 5) is 16.2. The fourth-order valence-corrected chi connectivity index (χ4v) is 5.55. The zero-order valence-electron chi connectivity index (χ0n) is 13.1. The van der Waals surface area contributed by atoms with E-state index in [2.05, 4.69) is 22.1 Å². The van der Waals surface area contributed by atoms with Gasteiger partial charge in [0.25, 0.3) is 0 Å². The highest BCUT2D eigenvalue weighted by Gasteiger charge is 2.23. The number of aryl methyl sites for hydroxylation is 1. The van der Waals surface area contributed by atoms with Crippen LogP contribution in [0.2, 0.25) is 0 Å². The van der Waals surface area contributed by atoms with Gasteiger partial charge in [0.15, 0.2) is 14.5 Å². The van der Waals surface area contributed by atoms with E-state index in [1.54, 1.807) is 23.1 Å². The molecule has 0 fully saturated rings. The first-order chi connectivity index (χ1) is 11.1. The standard InChI is InChI=1S/C16H17N3OS3/c1-4-21-15-18-19-16(23-15)22-10(3)14(20)13-9(2)17-12-8-6-5-7-11(12)13/h5-8,10,17H,4H2,1-3H3/t10-/m1/s1. The number of fused-ring (bicyclic) bond motifs is 1. The van der Waals surface area contributed by atoms with Gasteiger partial charge in [-0.2, -0.15) is 0 Å². The molecule has 1 aromatic carbocycles. The number of aromatic nitrogens is 3. The van der Waals surface area contributed by atoms with Crippen molar-refractivity contribution in [3.8, 4) is 0 Å². The van der Waals surface area contributed by atoms with Crippen molar-refractivity contribution < 1.29 is 4.79 Å². The second-order valence-electron chi connectivity index (χ2n) is 5.06. The number of hydrogen-bond donors (Lipinski definition) is 1. The van der Waals surface area contributed by atoms with Gasteiger partial charge in [-0.25, -0.2) is 0 Å². The molecule has 3 rings (SSSR count). The van der Waals surface area contributed by atoms with Gasteiger partial charge in [0, 0.05) is 22.2 Å². The zero-order valence-corrected chi connectivity index (χ0v) is 15.6. The fourth-order valence-electron chi connectivity index (χ4n) is 2.43. The van der Waals surface area contributed by atoms with Crippen molar-refractivity contribution in [1.29, 1.82) is 0 Å². The molecule has 1 atom stereocenters. The lowest BCUT2D eigenvalue weighted by molar-refractivity contribution is 0.0995. The highest BCUT2D eigenvalue weighted by atomic mass is 32.2. The van der Waals surface area contributed by atoms with E-state index < -0.39 is 0 Å². The number of nitrogens with one attached hydrogen (secondary N) is 1. The van der Waals surface area contributed by atoms with E-state index in [0.29, 0.717) is 0 Å². The Bertz CT molecular complexity index is 840. The van der Waals surface area contributed by atoms with Crippen LogP contribution >= 0.6 is 34.9 Å². The Morgan fingerprint density at radius 3 is 2.83 bits per heavy atom. The topological polar surface area (TPSA) is 58.6 Å². The number of thioether (sulfide) groups is 2. The molecular weight excluding hydrogens is 346 g/mol. The number of carbonyl (C=O) groups is 1. The predicted molar refractivity (Wildman–Crippen MR) is 99.0 cm³/mol. The summed E-state index contributed by atoms with van der Waals surface area (Å²) in [6.07, 6.45) is 0. The van der Waals surface area contributed by atoms with Crippen molar-refractivity contribution in [2.45, 2.75) is 34.7 Å². The molecule has 0 saturated carbocycles. The van der Waals surface area contributed by atoms with Crippen LogP contribution in [0.4, 0.5) is 0 Å². The third-order valence-corrected chi connectivity index (χ3v) is 6.57. The summed E-state index contributed by atoms with van der Waals surface area (Å²) in [5.74, 6) is 1.10. The molecule has 3 aromatic rings. The number of hydrogen-bond acceptors (Lipinski definition) is 6. The maximum Gasteiger partial charge on any atom is 0.178 e. The van der Waals surface area contributed by atoms with Gasteiger partial charge >= 0.3 is 0 Å². The first-order valence-electron chi connectivity index (χ1n) is 7.34. The third kappa shape index (κ3) is 3.46. The molecule has 2 aromatic heterocycles. The van der Waals surface area contributed by atoms with Gasteiger partial charge in [-0.05, 0) is 25.7 Å². The van der Waals surface area contributed by atoms with E-state index in [-0.39, 0.29) is 11.0 Å². The second kappa shape index (κ2) is 7.07. The molecule has 0 saturated heterocycles. The number of benzene rings is 1. The number of Topliss-reactive ketones (excluding diaryl/α,β-unsaturated/α-hetero) is 1. The average Bonchev–Trinajstić information content (AvgIpc) is 3.10. The van der Waals surface area contributed by atoms with Crippen LogP contribution in [0, 0.1) is 6.92 Å². The Morgan fingerprint density at radius 2 is 2.04 bits per heavy atom. The lowest BCUT2D eigenvalue weighted by Gasteiger charge is -2.08. The van der Waals surface area contributed by atoms with Crippen LogP contribution in [0.5, 0.6) is 0 Å². The Balaban J connectivity index is 1.82. The Kier molecular flexibility index (Phi) is 5.08. The van der Waals surface area contributed by atoms with Crippen molar-refractivity contribution in [2.24, 2.45) is 0 Å². The largest absolute Gasteiger partial charge is 0.358 e. The van der Waals surface area contributed by atoms with E-state index in [9.17, 15) is 4.79 Å². The van der Waals surface area contributed by atoms with E-state index >= 15 is 0 Å². The SMILES string of the molecule is CCSc1nnc(S[C@H](C)C(=O)c2c(C)[nH]c3ccccc23)s1. The summed E-state index contributed by atoms with van der Waals surface area (Å²) in [6.45, 7) is 5.97. The minimum Gasteiger partial charge on any atom is -0.358 e. The number of ketones is 1. The molecule has 120 valence electrons. The van der Waals surface area contributed by atoms with Crippen molar-refractivity contribution in [3.63, 3.8) is 0 Å². The lowest BCUT2D eigenvalue weighted by atomic mass is 10.1. The maximum atomic E-state index is 12.9. The summed E-state index contributed by atoms with van der Waals surface area (Å²) in [7, 11) is 0. The van der Waals surface area contributed by atoms with Crippen molar-refractivity contribution >= 4 is 51.5 Å². The summed E-state index contributed by atoms with van der Waals surface area (Å²) < 4.78 is 1.80. The molecule has 4 nitrogen and oxygen atoms in total. The summed E-state index contributed by atoms with van der Waals surface area (Å²) in [5, 5.41) is 9.11. The van der Waals surface area contributed by atoms with Crippen LogP contribution in [-0.2, 0) is 0 Å². The molecule has 0 bridgehead atoms. The lowest BCUT2D eigenvalue weighted by Crippen LogP contribution is -2.14. The minimum atomic E-state index is -0.194. The monoisotopic (exact) mass is 363 g/mol. The summed E-state index contributed by atoms with van der Waals surface area (Å²) in [5.41, 5.74) is 2.71. The second-order valence-corrected chi connectivity index (χ2v) is 9.14. The van der Waals surface area contributed by atoms with Gasteiger partial charge in [-0.3, -0.25) is 4.79 Å². The highest BCUT2D eigenvalue weighted by Crippen LogP contribution is 2.33. The first kappa shape index (κ1) is 16.5. The Labute approximate surface area is 147 Å². The Hall–Kier alpha value is -1.31. The molecule has 0 aliphatic heterocycles. The number of nitrogens with zero attached hydrogens (tertiary/aromatic N) is 2. The summed E-state index contributed by atoms with van der Waals surface area (Å²) >= 11 is 4.71. The van der Waals surface area contributed by atoms with Gasteiger partial charge in [0.1, 0.15) is 0 Å². The summed E-state index contributed by atoms with van der Waals surface area (Å²) in [6, 6.07) is 7.92. The molecule has 23 heavy (non-hydrogen) atoms. The van der Waals surface area contributed by atoms with Gasteiger partial charge in [0.05, 0.1) is 5.25 Å². The van der Waals surface area contributed by atoms with E-state index in [4.69, 9.17) is 0 Å². The molecule has 0 radical (unpaired) electrons. The number of carbonyl (C=O) groups excluding carboxylic acids is 1. The van der Waals surface area contributed by atoms with E-state index in [1.165, 1.54) is 11.8 Å². The fraction of sp³-hybridized carbons (Fsp3) is 0.312. The highest BCUT2D eigenvalue weighted by molar-refractivity contribution is 8.03. The van der Waals surface area contributed by atoms with E-state index in [0.717, 1.165) is 36.6 Å². The van der Waals surface area contributed by atoms with Gasteiger partial charge in [-0.1, -0.05) is 60.0 Å². The van der Waals surface area contributed by atoms with Crippen LogP contribution < -0.4 is 0 Å². The molecular formula is C16H17N3OS3. The predicted octanol–water partition coefficient (Wildman–Crippen LogP) is 4.80. The molecule has 0 spiro atoms. The average molecular weight is 364 g/mol. The van der Waals surface area contributed by atoms with Crippen molar-refractivity contribution in [3.05, 3.63) is 35.5 Å². The van der Waals surface area contributed by atoms with Crippen LogP contribution in [0.1, 0.15) is 29.9 Å². The number of H-pyrrole nitrogens is 1. The minimum absolute atomic E-state index is 0.129. The maximum absolute atomic E-state index is 12.9. The van der Waals surface area contributed by atoms with Crippen LogP contribution in [0.25, 0.3) is 10.9 Å². The molecule has 0 unspecified atom stereocenters. The number of para-hydroxylation sites is 1. The zero-order chi connectivity index (χ0) is 16.4. The Morgan fingerprint density at radius 1 is 1.30 bits per heavy atom. The quantitative estimate of drug-likeness (QED) is 0.503. The third-order valence-electron chi connectivity index (χ3n) is 3.44. The van der Waals surface area contributed by atoms with Crippen molar-refractivity contribution in [1.82, 2.24) is 15.2 Å².